The molecule has 0 radical (unpaired) electrons. The van der Waals surface area contributed by atoms with Crippen LogP contribution < -0.4 is 5.56 Å². The summed E-state index contributed by atoms with van der Waals surface area (Å²) in [5, 5.41) is 10.8. The van der Waals surface area contributed by atoms with E-state index < -0.39 is 5.97 Å². The van der Waals surface area contributed by atoms with Crippen LogP contribution in [-0.2, 0) is 18.3 Å². The van der Waals surface area contributed by atoms with Crippen molar-refractivity contribution in [2.45, 2.75) is 6.54 Å². The van der Waals surface area contributed by atoms with E-state index in [1.54, 1.807) is 18.7 Å². The quantitative estimate of drug-likeness (QED) is 0.798. The molecule has 22 heavy (non-hydrogen) atoms. The second-order valence-electron chi connectivity index (χ2n) is 5.14. The molecule has 0 aliphatic heterocycles. The first kappa shape index (κ1) is 14.3. The highest BCUT2D eigenvalue weighted by molar-refractivity contribution is 6.16. The number of benzene rings is 1. The molecule has 0 atom stereocenters. The first-order valence-electron chi connectivity index (χ1n) is 6.89. The molecule has 1 N–H and O–H groups in total. The zero-order valence-electron chi connectivity index (χ0n) is 12.4. The molecule has 0 saturated heterocycles. The first-order chi connectivity index (χ1) is 10.6. The summed E-state index contributed by atoms with van der Waals surface area (Å²) in [7, 11) is 3.32. The van der Waals surface area contributed by atoms with Crippen LogP contribution in [0.25, 0.3) is 21.8 Å². The van der Waals surface area contributed by atoms with Crippen molar-refractivity contribution in [3.05, 3.63) is 46.4 Å². The number of aromatic nitrogens is 2. The maximum absolute atomic E-state index is 12.7. The molecule has 0 amide bonds. The van der Waals surface area contributed by atoms with E-state index in [2.05, 4.69) is 0 Å². The average Bonchev–Trinajstić information content (AvgIpc) is 2.81. The van der Waals surface area contributed by atoms with Crippen LogP contribution in [0.1, 0.15) is 10.4 Å². The minimum absolute atomic E-state index is 0.127. The third-order valence-electron chi connectivity index (χ3n) is 3.89. The van der Waals surface area contributed by atoms with Crippen LogP contribution in [0.2, 0.25) is 0 Å². The maximum atomic E-state index is 12.7. The van der Waals surface area contributed by atoms with Gasteiger partial charge in [-0.15, -0.1) is 0 Å². The Hall–Kier alpha value is -2.60. The molecule has 1 aromatic carbocycles. The topological polar surface area (TPSA) is 73.5 Å². The van der Waals surface area contributed by atoms with Gasteiger partial charge in [-0.05, 0) is 6.07 Å². The van der Waals surface area contributed by atoms with Gasteiger partial charge in [-0.2, -0.15) is 0 Å². The Morgan fingerprint density at radius 3 is 2.73 bits per heavy atom. The van der Waals surface area contributed by atoms with Crippen molar-refractivity contribution < 1.29 is 14.6 Å². The SMILES string of the molecule is COCCn1cc(C(=O)O)c2c3ccccc3n(C)c2c1=O. The molecule has 3 aromatic rings. The number of aryl methyl sites for hydroxylation is 1. The summed E-state index contributed by atoms with van der Waals surface area (Å²) in [5.41, 5.74) is 1.15. The van der Waals surface area contributed by atoms with Crippen LogP contribution in [-0.4, -0.2) is 33.9 Å². The molecule has 0 fully saturated rings. The van der Waals surface area contributed by atoms with Crippen molar-refractivity contribution in [3.8, 4) is 0 Å². The van der Waals surface area contributed by atoms with E-state index in [1.165, 1.54) is 10.8 Å². The molecular formula is C16H16N2O4. The number of para-hydroxylation sites is 1. The van der Waals surface area contributed by atoms with E-state index in [0.717, 1.165) is 10.9 Å². The Balaban J connectivity index is 2.49. The van der Waals surface area contributed by atoms with Crippen LogP contribution in [0.15, 0.2) is 35.3 Å². The lowest BCUT2D eigenvalue weighted by molar-refractivity contribution is 0.0698. The second-order valence-corrected chi connectivity index (χ2v) is 5.14. The summed E-state index contributed by atoms with van der Waals surface area (Å²) < 4.78 is 8.14. The van der Waals surface area contributed by atoms with Crippen LogP contribution in [0.5, 0.6) is 0 Å². The average molecular weight is 300 g/mol. The Kier molecular flexibility index (Phi) is 3.46. The number of carboxylic acids is 1. The minimum Gasteiger partial charge on any atom is -0.478 e. The van der Waals surface area contributed by atoms with Gasteiger partial charge < -0.3 is 19.0 Å². The number of methoxy groups -OCH3 is 1. The van der Waals surface area contributed by atoms with Crippen LogP contribution >= 0.6 is 0 Å². The predicted molar refractivity (Wildman–Crippen MR) is 83.5 cm³/mol. The Labute approximate surface area is 126 Å². The molecule has 0 bridgehead atoms. The van der Waals surface area contributed by atoms with Gasteiger partial charge in [-0.1, -0.05) is 18.2 Å². The second kappa shape index (κ2) is 5.31. The number of carbonyl (C=O) groups is 1. The zero-order valence-corrected chi connectivity index (χ0v) is 12.4. The largest absolute Gasteiger partial charge is 0.478 e. The van der Waals surface area contributed by atoms with Gasteiger partial charge in [0, 0.05) is 43.2 Å². The van der Waals surface area contributed by atoms with Crippen LogP contribution in [0, 0.1) is 0 Å². The maximum Gasteiger partial charge on any atom is 0.337 e. The number of nitrogens with zero attached hydrogens (tertiary/aromatic N) is 2. The van der Waals surface area contributed by atoms with E-state index >= 15 is 0 Å². The molecule has 2 aromatic heterocycles. The lowest BCUT2D eigenvalue weighted by Gasteiger charge is -2.08. The fourth-order valence-electron chi connectivity index (χ4n) is 2.85. The van der Waals surface area contributed by atoms with Gasteiger partial charge in [-0.3, -0.25) is 4.79 Å². The van der Waals surface area contributed by atoms with Crippen molar-refractivity contribution in [3.63, 3.8) is 0 Å². The summed E-state index contributed by atoms with van der Waals surface area (Å²) in [6, 6.07) is 7.41. The van der Waals surface area contributed by atoms with Crippen molar-refractivity contribution >= 4 is 27.8 Å². The van der Waals surface area contributed by atoms with Crippen LogP contribution in [0.4, 0.5) is 0 Å². The summed E-state index contributed by atoms with van der Waals surface area (Å²) in [6.45, 7) is 0.654. The number of rotatable bonds is 4. The highest BCUT2D eigenvalue weighted by Crippen LogP contribution is 2.28. The standard InChI is InChI=1S/C16H16N2O4/c1-17-12-6-4-3-5-10(12)13-11(16(20)21)9-18(7-8-22-2)15(19)14(13)17/h3-6,9H,7-8H2,1-2H3,(H,20,21). The zero-order chi connectivity index (χ0) is 15.9. The van der Waals surface area contributed by atoms with Gasteiger partial charge in [0.05, 0.1) is 12.2 Å². The number of ether oxygens (including phenoxy) is 1. The number of aromatic carboxylic acids is 1. The summed E-state index contributed by atoms with van der Waals surface area (Å²) >= 11 is 0. The van der Waals surface area contributed by atoms with E-state index in [4.69, 9.17) is 4.74 Å². The monoisotopic (exact) mass is 300 g/mol. The molecule has 3 rings (SSSR count). The molecule has 6 heteroatoms. The molecule has 114 valence electrons. The van der Waals surface area contributed by atoms with E-state index in [9.17, 15) is 14.7 Å². The lowest BCUT2D eigenvalue weighted by atomic mass is 10.1. The third kappa shape index (κ3) is 2.00. The number of hydrogen-bond donors (Lipinski definition) is 1. The van der Waals surface area contributed by atoms with Gasteiger partial charge in [-0.25, -0.2) is 4.79 Å². The molecule has 0 unspecified atom stereocenters. The van der Waals surface area contributed by atoms with Crippen molar-refractivity contribution in [1.82, 2.24) is 9.13 Å². The summed E-state index contributed by atoms with van der Waals surface area (Å²) in [6.07, 6.45) is 1.40. The van der Waals surface area contributed by atoms with E-state index in [-0.39, 0.29) is 11.1 Å². The molecule has 2 heterocycles. The molecule has 6 nitrogen and oxygen atoms in total. The van der Waals surface area contributed by atoms with Crippen LogP contribution in [0.3, 0.4) is 0 Å². The van der Waals surface area contributed by atoms with E-state index in [0.29, 0.717) is 24.1 Å². The normalized spacial score (nSPS) is 11.4. The molecule has 0 spiro atoms. The molecular weight excluding hydrogens is 284 g/mol. The van der Waals surface area contributed by atoms with Gasteiger partial charge in [0.1, 0.15) is 5.52 Å². The number of hydrogen-bond acceptors (Lipinski definition) is 3. The first-order valence-corrected chi connectivity index (χ1v) is 6.89. The van der Waals surface area contributed by atoms with Gasteiger partial charge >= 0.3 is 5.97 Å². The summed E-state index contributed by atoms with van der Waals surface area (Å²) in [4.78, 5) is 24.3. The number of carboxylic acid groups (broad SMARTS) is 1. The Morgan fingerprint density at radius 1 is 1.32 bits per heavy atom. The third-order valence-corrected chi connectivity index (χ3v) is 3.89. The molecule has 0 saturated carbocycles. The lowest BCUT2D eigenvalue weighted by Crippen LogP contribution is -2.24. The molecule has 0 aliphatic carbocycles. The van der Waals surface area contributed by atoms with Gasteiger partial charge in [0.25, 0.3) is 5.56 Å². The van der Waals surface area contributed by atoms with Gasteiger partial charge in [0.2, 0.25) is 0 Å². The summed E-state index contributed by atoms with van der Waals surface area (Å²) in [5.74, 6) is -1.05. The predicted octanol–water partition coefficient (Wildman–Crippen LogP) is 1.84. The van der Waals surface area contributed by atoms with Gasteiger partial charge in [0.15, 0.2) is 0 Å². The molecule has 0 aliphatic rings. The van der Waals surface area contributed by atoms with Crippen molar-refractivity contribution in [1.29, 1.82) is 0 Å². The Morgan fingerprint density at radius 2 is 2.05 bits per heavy atom. The van der Waals surface area contributed by atoms with Crippen molar-refractivity contribution in [2.24, 2.45) is 7.05 Å². The van der Waals surface area contributed by atoms with E-state index in [1.807, 2.05) is 24.3 Å². The fourth-order valence-corrected chi connectivity index (χ4v) is 2.85. The van der Waals surface area contributed by atoms with Crippen molar-refractivity contribution in [2.75, 3.05) is 13.7 Å². The number of pyridine rings is 1. The Bertz CT molecular complexity index is 937. The highest BCUT2D eigenvalue weighted by Gasteiger charge is 2.20. The smallest absolute Gasteiger partial charge is 0.337 e. The number of fused-ring (bicyclic) bond motifs is 3. The highest BCUT2D eigenvalue weighted by atomic mass is 16.5. The minimum atomic E-state index is -1.05. The fraction of sp³-hybridized carbons (Fsp3) is 0.250.